The van der Waals surface area contributed by atoms with Crippen LogP contribution in [0.25, 0.3) is 0 Å². The van der Waals surface area contributed by atoms with Crippen molar-refractivity contribution in [3.8, 4) is 5.75 Å². The zero-order valence-corrected chi connectivity index (χ0v) is 17.0. The molecule has 0 atom stereocenters. The van der Waals surface area contributed by atoms with Crippen LogP contribution >= 0.6 is 11.6 Å². The molecule has 3 aromatic rings. The molecule has 1 aromatic heterocycles. The summed E-state index contributed by atoms with van der Waals surface area (Å²) < 4.78 is 5.98. The van der Waals surface area contributed by atoms with E-state index in [1.807, 2.05) is 62.4 Å². The van der Waals surface area contributed by atoms with Gasteiger partial charge in [0, 0.05) is 42.1 Å². The van der Waals surface area contributed by atoms with Crippen molar-refractivity contribution >= 4 is 17.5 Å². The molecule has 0 saturated carbocycles. The Morgan fingerprint density at radius 1 is 1.11 bits per heavy atom. The number of pyridine rings is 1. The SMILES string of the molecule is Cc1cc(C(=O)N(C)Cc2ccccc2Cl)cc(C)c1OCc1cccnc1. The molecule has 1 amide bonds. The molecule has 2 aromatic carbocycles. The summed E-state index contributed by atoms with van der Waals surface area (Å²) in [6, 6.07) is 15.2. The molecule has 0 N–H and O–H groups in total. The first-order chi connectivity index (χ1) is 13.5. The van der Waals surface area contributed by atoms with Gasteiger partial charge in [0.2, 0.25) is 0 Å². The van der Waals surface area contributed by atoms with Gasteiger partial charge in [0.25, 0.3) is 5.91 Å². The van der Waals surface area contributed by atoms with Crippen molar-refractivity contribution in [1.29, 1.82) is 0 Å². The van der Waals surface area contributed by atoms with Crippen LogP contribution in [0.5, 0.6) is 5.75 Å². The molecule has 28 heavy (non-hydrogen) atoms. The van der Waals surface area contributed by atoms with Crippen molar-refractivity contribution in [2.75, 3.05) is 7.05 Å². The summed E-state index contributed by atoms with van der Waals surface area (Å²) in [5, 5.41) is 0.661. The fourth-order valence-corrected chi connectivity index (χ4v) is 3.31. The van der Waals surface area contributed by atoms with E-state index in [2.05, 4.69) is 4.98 Å². The lowest BCUT2D eigenvalue weighted by atomic mass is 10.0. The number of hydrogen-bond acceptors (Lipinski definition) is 3. The summed E-state index contributed by atoms with van der Waals surface area (Å²) in [6.45, 7) is 4.80. The predicted molar refractivity (Wildman–Crippen MR) is 112 cm³/mol. The van der Waals surface area contributed by atoms with Crippen molar-refractivity contribution in [2.45, 2.75) is 27.0 Å². The number of hydrogen-bond donors (Lipinski definition) is 0. The van der Waals surface area contributed by atoms with Crippen LogP contribution in [0.3, 0.4) is 0 Å². The minimum atomic E-state index is -0.0510. The average Bonchev–Trinajstić information content (AvgIpc) is 2.69. The molecule has 0 spiro atoms. The molecule has 0 radical (unpaired) electrons. The van der Waals surface area contributed by atoms with Crippen LogP contribution in [0.1, 0.15) is 32.6 Å². The van der Waals surface area contributed by atoms with Crippen molar-refractivity contribution in [2.24, 2.45) is 0 Å². The van der Waals surface area contributed by atoms with Gasteiger partial charge in [-0.2, -0.15) is 0 Å². The van der Waals surface area contributed by atoms with E-state index in [1.54, 1.807) is 24.3 Å². The van der Waals surface area contributed by atoms with E-state index in [4.69, 9.17) is 16.3 Å². The smallest absolute Gasteiger partial charge is 0.253 e. The number of aryl methyl sites for hydroxylation is 2. The molecule has 0 aliphatic rings. The van der Waals surface area contributed by atoms with Crippen molar-refractivity contribution in [3.63, 3.8) is 0 Å². The Morgan fingerprint density at radius 2 is 1.82 bits per heavy atom. The first-order valence-electron chi connectivity index (χ1n) is 9.07. The van der Waals surface area contributed by atoms with Gasteiger partial charge in [0.15, 0.2) is 0 Å². The lowest BCUT2D eigenvalue weighted by Gasteiger charge is -2.20. The van der Waals surface area contributed by atoms with Gasteiger partial charge in [-0.1, -0.05) is 35.9 Å². The van der Waals surface area contributed by atoms with Gasteiger partial charge >= 0.3 is 0 Å². The average molecular weight is 395 g/mol. The Kier molecular flexibility index (Phi) is 6.32. The number of carbonyl (C=O) groups is 1. The van der Waals surface area contributed by atoms with Gasteiger partial charge < -0.3 is 9.64 Å². The number of halogens is 1. The van der Waals surface area contributed by atoms with Crippen LogP contribution in [0.15, 0.2) is 60.9 Å². The molecule has 3 rings (SSSR count). The van der Waals surface area contributed by atoms with E-state index < -0.39 is 0 Å². The standard InChI is InChI=1S/C23H23ClN2O2/c1-16-11-20(23(27)26(3)14-19-8-4-5-9-21(19)24)12-17(2)22(16)28-15-18-7-6-10-25-13-18/h4-13H,14-15H2,1-3H3. The first kappa shape index (κ1) is 19.9. The lowest BCUT2D eigenvalue weighted by molar-refractivity contribution is 0.0785. The Labute approximate surface area is 170 Å². The second-order valence-electron chi connectivity index (χ2n) is 6.84. The number of carbonyl (C=O) groups excluding carboxylic acids is 1. The largest absolute Gasteiger partial charge is 0.488 e. The van der Waals surface area contributed by atoms with E-state index in [0.717, 1.165) is 28.0 Å². The highest BCUT2D eigenvalue weighted by molar-refractivity contribution is 6.31. The Morgan fingerprint density at radius 3 is 2.46 bits per heavy atom. The van der Waals surface area contributed by atoms with Crippen LogP contribution < -0.4 is 4.74 Å². The summed E-state index contributed by atoms with van der Waals surface area (Å²) in [5.41, 5.74) is 4.42. The van der Waals surface area contributed by atoms with E-state index in [1.165, 1.54) is 0 Å². The molecular formula is C23H23ClN2O2. The number of rotatable bonds is 6. The van der Waals surface area contributed by atoms with E-state index >= 15 is 0 Å². The summed E-state index contributed by atoms with van der Waals surface area (Å²) in [7, 11) is 1.78. The monoisotopic (exact) mass is 394 g/mol. The molecule has 5 heteroatoms. The Hall–Kier alpha value is -2.85. The van der Waals surface area contributed by atoms with Gasteiger partial charge in [0.05, 0.1) is 0 Å². The molecule has 144 valence electrons. The zero-order valence-electron chi connectivity index (χ0n) is 16.3. The Bertz CT molecular complexity index is 950. The van der Waals surface area contributed by atoms with Crippen LogP contribution in [0.2, 0.25) is 5.02 Å². The highest BCUT2D eigenvalue weighted by Gasteiger charge is 2.16. The molecule has 0 aliphatic carbocycles. The predicted octanol–water partition coefficient (Wildman–Crippen LogP) is 5.20. The number of benzene rings is 2. The van der Waals surface area contributed by atoms with Gasteiger partial charge in [-0.25, -0.2) is 0 Å². The number of amides is 1. The number of ether oxygens (including phenoxy) is 1. The molecule has 0 saturated heterocycles. The van der Waals surface area contributed by atoms with Gasteiger partial charge in [-0.05, 0) is 54.8 Å². The Balaban J connectivity index is 1.73. The number of nitrogens with zero attached hydrogens (tertiary/aromatic N) is 2. The quantitative estimate of drug-likeness (QED) is 0.576. The van der Waals surface area contributed by atoms with E-state index in [9.17, 15) is 4.79 Å². The molecule has 0 unspecified atom stereocenters. The van der Waals surface area contributed by atoms with Crippen molar-refractivity contribution < 1.29 is 9.53 Å². The molecular weight excluding hydrogens is 372 g/mol. The van der Waals surface area contributed by atoms with E-state index in [0.29, 0.717) is 23.7 Å². The first-order valence-corrected chi connectivity index (χ1v) is 9.45. The molecule has 0 fully saturated rings. The van der Waals surface area contributed by atoms with Crippen LogP contribution in [0.4, 0.5) is 0 Å². The van der Waals surface area contributed by atoms with Gasteiger partial charge in [-0.15, -0.1) is 0 Å². The maximum absolute atomic E-state index is 12.9. The van der Waals surface area contributed by atoms with Crippen LogP contribution in [0, 0.1) is 13.8 Å². The highest BCUT2D eigenvalue weighted by Crippen LogP contribution is 2.27. The second-order valence-corrected chi connectivity index (χ2v) is 7.25. The minimum absolute atomic E-state index is 0.0510. The maximum Gasteiger partial charge on any atom is 0.253 e. The summed E-state index contributed by atoms with van der Waals surface area (Å²) in [4.78, 5) is 18.7. The third-order valence-corrected chi connectivity index (χ3v) is 4.89. The fourth-order valence-electron chi connectivity index (χ4n) is 3.11. The third-order valence-electron chi connectivity index (χ3n) is 4.53. The van der Waals surface area contributed by atoms with E-state index in [-0.39, 0.29) is 5.91 Å². The molecule has 4 nitrogen and oxygen atoms in total. The second kappa shape index (κ2) is 8.89. The summed E-state index contributed by atoms with van der Waals surface area (Å²) >= 11 is 6.22. The van der Waals surface area contributed by atoms with Crippen molar-refractivity contribution in [3.05, 3.63) is 93.8 Å². The highest BCUT2D eigenvalue weighted by atomic mass is 35.5. The molecule has 0 bridgehead atoms. The summed E-state index contributed by atoms with van der Waals surface area (Å²) in [5.74, 6) is 0.749. The lowest BCUT2D eigenvalue weighted by Crippen LogP contribution is -2.26. The summed E-state index contributed by atoms with van der Waals surface area (Å²) in [6.07, 6.45) is 3.52. The topological polar surface area (TPSA) is 42.4 Å². The van der Waals surface area contributed by atoms with Crippen molar-refractivity contribution in [1.82, 2.24) is 9.88 Å². The number of aromatic nitrogens is 1. The normalized spacial score (nSPS) is 10.6. The zero-order chi connectivity index (χ0) is 20.1. The van der Waals surface area contributed by atoms with Crippen LogP contribution in [-0.4, -0.2) is 22.8 Å². The molecule has 1 heterocycles. The minimum Gasteiger partial charge on any atom is -0.488 e. The maximum atomic E-state index is 12.9. The van der Waals surface area contributed by atoms with Gasteiger partial charge in [0.1, 0.15) is 12.4 Å². The third kappa shape index (κ3) is 4.70. The van der Waals surface area contributed by atoms with Gasteiger partial charge in [-0.3, -0.25) is 9.78 Å². The van der Waals surface area contributed by atoms with Crippen LogP contribution in [-0.2, 0) is 13.2 Å². The fraction of sp³-hybridized carbons (Fsp3) is 0.217. The molecule has 0 aliphatic heterocycles.